The minimum absolute atomic E-state index is 0.0789. The van der Waals surface area contributed by atoms with Crippen LogP contribution in [-0.2, 0) is 5.41 Å². The van der Waals surface area contributed by atoms with Crippen molar-refractivity contribution in [2.75, 3.05) is 0 Å². The summed E-state index contributed by atoms with van der Waals surface area (Å²) in [6, 6.07) is 7.70. The lowest BCUT2D eigenvalue weighted by molar-refractivity contribution is 0.112. The molecule has 3 rings (SSSR count). The number of carbonyl (C=O) groups excluding carboxylic acids is 1. The topological polar surface area (TPSA) is 58.6 Å². The average Bonchev–Trinajstić information content (AvgIpc) is 2.96. The summed E-state index contributed by atoms with van der Waals surface area (Å²) in [6.07, 6.45) is 4.72. The van der Waals surface area contributed by atoms with Crippen molar-refractivity contribution in [2.24, 2.45) is 0 Å². The molecule has 1 aliphatic carbocycles. The normalized spacial score (nSPS) is 17.0. The highest BCUT2D eigenvalue weighted by Gasteiger charge is 2.49. The van der Waals surface area contributed by atoms with Crippen LogP contribution in [0.5, 0.6) is 0 Å². The van der Waals surface area contributed by atoms with Gasteiger partial charge in [-0.05, 0) is 18.4 Å². The van der Waals surface area contributed by atoms with Gasteiger partial charge in [-0.2, -0.15) is 15.4 Å². The molecule has 1 aliphatic rings. The fraction of sp³-hybridized carbons (Fsp3) is 0.250. The number of aldehydes is 1. The molecule has 16 heavy (non-hydrogen) atoms. The molecule has 1 aromatic heterocycles. The number of rotatable bonds is 3. The maximum Gasteiger partial charge on any atom is 0.150 e. The first-order chi connectivity index (χ1) is 7.87. The van der Waals surface area contributed by atoms with E-state index < -0.39 is 0 Å². The number of nitrogens with one attached hydrogen (secondary N) is 1. The van der Waals surface area contributed by atoms with Crippen molar-refractivity contribution in [1.82, 2.24) is 15.4 Å². The minimum atomic E-state index is -0.0789. The third kappa shape index (κ3) is 1.19. The maximum absolute atomic E-state index is 11.0. The number of nitrogens with zero attached hydrogens (tertiary/aromatic N) is 2. The van der Waals surface area contributed by atoms with Gasteiger partial charge in [0.1, 0.15) is 6.29 Å². The van der Waals surface area contributed by atoms with E-state index in [0.717, 1.165) is 35.9 Å². The maximum atomic E-state index is 11.0. The molecule has 4 heteroatoms. The molecule has 0 aliphatic heterocycles. The summed E-state index contributed by atoms with van der Waals surface area (Å²) in [4.78, 5) is 11.0. The molecular formula is C12H11N3O. The van der Waals surface area contributed by atoms with Gasteiger partial charge in [-0.3, -0.25) is 4.79 Å². The Kier molecular flexibility index (Phi) is 1.89. The molecule has 0 bridgehead atoms. The average molecular weight is 213 g/mol. The van der Waals surface area contributed by atoms with E-state index in [1.807, 2.05) is 24.3 Å². The van der Waals surface area contributed by atoms with E-state index in [1.165, 1.54) is 0 Å². The van der Waals surface area contributed by atoms with Crippen LogP contribution in [0.1, 0.15) is 34.5 Å². The van der Waals surface area contributed by atoms with Crippen molar-refractivity contribution in [2.45, 2.75) is 18.3 Å². The van der Waals surface area contributed by atoms with Crippen molar-refractivity contribution in [3.8, 4) is 0 Å². The third-order valence-corrected chi connectivity index (χ3v) is 3.26. The molecule has 0 saturated heterocycles. The highest BCUT2D eigenvalue weighted by atomic mass is 16.1. The molecule has 1 N–H and O–H groups in total. The second kappa shape index (κ2) is 3.27. The van der Waals surface area contributed by atoms with Gasteiger partial charge in [0.05, 0.1) is 11.9 Å². The van der Waals surface area contributed by atoms with Gasteiger partial charge in [-0.25, -0.2) is 0 Å². The van der Waals surface area contributed by atoms with Gasteiger partial charge in [-0.1, -0.05) is 24.3 Å². The highest BCUT2D eigenvalue weighted by Crippen LogP contribution is 2.53. The van der Waals surface area contributed by atoms with E-state index in [1.54, 1.807) is 6.20 Å². The van der Waals surface area contributed by atoms with Gasteiger partial charge in [0.25, 0.3) is 0 Å². The van der Waals surface area contributed by atoms with Crippen LogP contribution in [0.3, 0.4) is 0 Å². The van der Waals surface area contributed by atoms with Gasteiger partial charge >= 0.3 is 0 Å². The van der Waals surface area contributed by atoms with Crippen molar-refractivity contribution in [3.05, 3.63) is 47.3 Å². The molecule has 4 nitrogen and oxygen atoms in total. The van der Waals surface area contributed by atoms with Crippen molar-refractivity contribution < 1.29 is 4.79 Å². The lowest BCUT2D eigenvalue weighted by Crippen LogP contribution is -2.12. The summed E-state index contributed by atoms with van der Waals surface area (Å²) >= 11 is 0. The number of carbonyl (C=O) groups is 1. The van der Waals surface area contributed by atoms with Crippen molar-refractivity contribution >= 4 is 6.29 Å². The summed E-state index contributed by atoms with van der Waals surface area (Å²) in [6.45, 7) is 0. The van der Waals surface area contributed by atoms with E-state index >= 15 is 0 Å². The monoisotopic (exact) mass is 213 g/mol. The highest BCUT2D eigenvalue weighted by molar-refractivity contribution is 5.79. The van der Waals surface area contributed by atoms with Crippen LogP contribution in [0.25, 0.3) is 0 Å². The van der Waals surface area contributed by atoms with E-state index in [-0.39, 0.29) is 5.41 Å². The predicted molar refractivity (Wildman–Crippen MR) is 58.2 cm³/mol. The van der Waals surface area contributed by atoms with Crippen LogP contribution in [0.2, 0.25) is 0 Å². The number of benzene rings is 1. The van der Waals surface area contributed by atoms with Crippen molar-refractivity contribution in [1.29, 1.82) is 0 Å². The minimum Gasteiger partial charge on any atom is -0.298 e. The zero-order valence-electron chi connectivity index (χ0n) is 8.68. The molecule has 1 fully saturated rings. The number of hydrogen-bond donors (Lipinski definition) is 1. The fourth-order valence-corrected chi connectivity index (χ4v) is 2.26. The summed E-state index contributed by atoms with van der Waals surface area (Å²) in [5, 5.41) is 10.6. The van der Waals surface area contributed by atoms with Gasteiger partial charge in [0.2, 0.25) is 0 Å². The Hall–Kier alpha value is -1.97. The smallest absolute Gasteiger partial charge is 0.150 e. The SMILES string of the molecule is O=Cc1ccccc1C1(c2cn[nH]n2)CC1. The standard InChI is InChI=1S/C12H11N3O/c16-8-9-3-1-2-4-10(9)12(5-6-12)11-7-13-15-14-11/h1-4,7-8H,5-6H2,(H,13,14,15). The number of aromatic nitrogens is 3. The predicted octanol–water partition coefficient (Wildman–Crippen LogP) is 1.70. The van der Waals surface area contributed by atoms with E-state index in [2.05, 4.69) is 15.4 Å². The summed E-state index contributed by atoms with van der Waals surface area (Å²) in [5.41, 5.74) is 2.67. The molecule has 80 valence electrons. The Bertz CT molecular complexity index is 515. The zero-order chi connectivity index (χ0) is 11.0. The Morgan fingerprint density at radius 2 is 2.12 bits per heavy atom. The van der Waals surface area contributed by atoms with Crippen LogP contribution in [0.4, 0.5) is 0 Å². The van der Waals surface area contributed by atoms with Crippen LogP contribution >= 0.6 is 0 Å². The largest absolute Gasteiger partial charge is 0.298 e. The molecule has 0 radical (unpaired) electrons. The summed E-state index contributed by atoms with van der Waals surface area (Å²) in [7, 11) is 0. The second-order valence-corrected chi connectivity index (χ2v) is 4.14. The first kappa shape index (κ1) is 9.27. The van der Waals surface area contributed by atoms with E-state index in [4.69, 9.17) is 0 Å². The van der Waals surface area contributed by atoms with Gasteiger partial charge in [0, 0.05) is 11.0 Å². The molecule has 2 aromatic rings. The fourth-order valence-electron chi connectivity index (χ4n) is 2.26. The van der Waals surface area contributed by atoms with E-state index in [9.17, 15) is 4.79 Å². The molecule has 1 saturated carbocycles. The Labute approximate surface area is 92.7 Å². The van der Waals surface area contributed by atoms with Crippen LogP contribution < -0.4 is 0 Å². The molecule has 0 unspecified atom stereocenters. The molecule has 0 spiro atoms. The Balaban J connectivity index is 2.13. The summed E-state index contributed by atoms with van der Waals surface area (Å²) < 4.78 is 0. The third-order valence-electron chi connectivity index (χ3n) is 3.26. The molecule has 1 aromatic carbocycles. The molecular weight excluding hydrogens is 202 g/mol. The summed E-state index contributed by atoms with van der Waals surface area (Å²) in [5.74, 6) is 0. The lowest BCUT2D eigenvalue weighted by Gasteiger charge is -2.14. The number of H-pyrrole nitrogens is 1. The Morgan fingerprint density at radius 3 is 2.75 bits per heavy atom. The lowest BCUT2D eigenvalue weighted by atomic mass is 9.89. The Morgan fingerprint density at radius 1 is 1.31 bits per heavy atom. The van der Waals surface area contributed by atoms with Gasteiger partial charge in [-0.15, -0.1) is 0 Å². The van der Waals surface area contributed by atoms with E-state index in [0.29, 0.717) is 0 Å². The molecule has 0 amide bonds. The van der Waals surface area contributed by atoms with Gasteiger partial charge < -0.3 is 0 Å². The molecule has 0 atom stereocenters. The number of hydrogen-bond acceptors (Lipinski definition) is 3. The molecule has 1 heterocycles. The van der Waals surface area contributed by atoms with Crippen molar-refractivity contribution in [3.63, 3.8) is 0 Å². The first-order valence-electron chi connectivity index (χ1n) is 5.28. The van der Waals surface area contributed by atoms with Crippen LogP contribution in [-0.4, -0.2) is 21.7 Å². The zero-order valence-corrected chi connectivity index (χ0v) is 8.68. The van der Waals surface area contributed by atoms with Crippen LogP contribution in [0, 0.1) is 0 Å². The van der Waals surface area contributed by atoms with Gasteiger partial charge in [0.15, 0.2) is 0 Å². The second-order valence-electron chi connectivity index (χ2n) is 4.14. The quantitative estimate of drug-likeness (QED) is 0.789. The first-order valence-corrected chi connectivity index (χ1v) is 5.28. The number of aromatic amines is 1. The van der Waals surface area contributed by atoms with Crippen LogP contribution in [0.15, 0.2) is 30.5 Å².